The molecule has 1 saturated heterocycles. The van der Waals surface area contributed by atoms with Gasteiger partial charge in [0.1, 0.15) is 0 Å². The first-order valence-electron chi connectivity index (χ1n) is 9.84. The Morgan fingerprint density at radius 1 is 1.18 bits per heavy atom. The minimum Gasteiger partial charge on any atom is -0.475 e. The fourth-order valence-corrected chi connectivity index (χ4v) is 3.93. The van der Waals surface area contributed by atoms with E-state index in [0.29, 0.717) is 12.0 Å². The molecule has 2 heterocycles. The van der Waals surface area contributed by atoms with E-state index in [9.17, 15) is 26.3 Å². The number of aryl methyl sites for hydroxylation is 1. The maximum absolute atomic E-state index is 10.6. The SMILES string of the molecule is Cc1ccncc1COC[C@@]12CCC[C@@H]1CN(C)C2.O=C(O)C(F)(F)F.O=C(O)C(F)(F)F. The van der Waals surface area contributed by atoms with Crippen LogP contribution in [0.5, 0.6) is 0 Å². The van der Waals surface area contributed by atoms with Crippen molar-refractivity contribution in [2.75, 3.05) is 26.7 Å². The molecule has 7 nitrogen and oxygen atoms in total. The number of aromatic nitrogens is 1. The summed E-state index contributed by atoms with van der Waals surface area (Å²) in [5, 5.41) is 14.2. The van der Waals surface area contributed by atoms with Crippen LogP contribution in [0.3, 0.4) is 0 Å². The Kier molecular flexibility index (Phi) is 10.1. The predicted octanol–water partition coefficient (Wildman–Crippen LogP) is 3.91. The molecule has 0 bridgehead atoms. The summed E-state index contributed by atoms with van der Waals surface area (Å²) >= 11 is 0. The van der Waals surface area contributed by atoms with E-state index in [1.807, 2.05) is 12.4 Å². The molecule has 2 fully saturated rings. The number of carbonyl (C=O) groups is 2. The van der Waals surface area contributed by atoms with Crippen LogP contribution in [-0.4, -0.2) is 71.1 Å². The van der Waals surface area contributed by atoms with Gasteiger partial charge in [0.2, 0.25) is 0 Å². The zero-order chi connectivity index (χ0) is 25.4. The van der Waals surface area contributed by atoms with Crippen molar-refractivity contribution in [1.82, 2.24) is 9.88 Å². The number of ether oxygens (including phenoxy) is 1. The second-order valence-electron chi connectivity index (χ2n) is 8.05. The van der Waals surface area contributed by atoms with Crippen molar-refractivity contribution in [1.29, 1.82) is 0 Å². The highest BCUT2D eigenvalue weighted by Gasteiger charge is 2.48. The number of aliphatic carboxylic acids is 2. The van der Waals surface area contributed by atoms with Gasteiger partial charge in [-0.2, -0.15) is 26.3 Å². The molecule has 0 amide bonds. The largest absolute Gasteiger partial charge is 0.490 e. The van der Waals surface area contributed by atoms with Gasteiger partial charge in [-0.15, -0.1) is 0 Å². The second kappa shape index (κ2) is 11.6. The molecule has 13 heteroatoms. The summed E-state index contributed by atoms with van der Waals surface area (Å²) in [6.07, 6.45) is -2.28. The zero-order valence-electron chi connectivity index (χ0n) is 18.0. The number of carboxylic acid groups (broad SMARTS) is 2. The Labute approximate surface area is 186 Å². The molecule has 1 aromatic rings. The van der Waals surface area contributed by atoms with Crippen molar-refractivity contribution in [3.63, 3.8) is 0 Å². The molecule has 0 aromatic carbocycles. The summed E-state index contributed by atoms with van der Waals surface area (Å²) < 4.78 is 69.5. The number of hydrogen-bond acceptors (Lipinski definition) is 5. The van der Waals surface area contributed by atoms with Gasteiger partial charge in [0.05, 0.1) is 13.2 Å². The normalized spacial score (nSPS) is 22.5. The minimum absolute atomic E-state index is 0.435. The molecule has 0 unspecified atom stereocenters. The molecule has 0 spiro atoms. The molecule has 1 aliphatic heterocycles. The summed E-state index contributed by atoms with van der Waals surface area (Å²) in [4.78, 5) is 24.5. The Balaban J connectivity index is 0.000000324. The van der Waals surface area contributed by atoms with Crippen LogP contribution < -0.4 is 0 Å². The minimum atomic E-state index is -5.08. The number of halogens is 6. The molecule has 1 aliphatic carbocycles. The highest BCUT2D eigenvalue weighted by atomic mass is 19.4. The molecule has 33 heavy (non-hydrogen) atoms. The number of hydrogen-bond donors (Lipinski definition) is 2. The van der Waals surface area contributed by atoms with Crippen molar-refractivity contribution in [3.05, 3.63) is 29.6 Å². The van der Waals surface area contributed by atoms with Gasteiger partial charge in [0.25, 0.3) is 0 Å². The van der Waals surface area contributed by atoms with Crippen LogP contribution >= 0.6 is 0 Å². The van der Waals surface area contributed by atoms with Crippen LogP contribution in [0.15, 0.2) is 18.5 Å². The first kappa shape index (κ1) is 28.6. The fourth-order valence-electron chi connectivity index (χ4n) is 3.93. The maximum Gasteiger partial charge on any atom is 0.490 e. The zero-order valence-corrected chi connectivity index (χ0v) is 18.0. The summed E-state index contributed by atoms with van der Waals surface area (Å²) in [7, 11) is 2.24. The number of nitrogens with zero attached hydrogens (tertiary/aromatic N) is 2. The molecule has 1 saturated carbocycles. The van der Waals surface area contributed by atoms with Gasteiger partial charge in [0, 0.05) is 30.9 Å². The molecule has 1 aromatic heterocycles. The fraction of sp³-hybridized carbons (Fsp3) is 0.650. The summed E-state index contributed by atoms with van der Waals surface area (Å²) in [6.45, 7) is 6.22. The van der Waals surface area contributed by atoms with E-state index in [1.165, 1.54) is 43.5 Å². The van der Waals surface area contributed by atoms with Gasteiger partial charge in [-0.05, 0) is 49.9 Å². The third kappa shape index (κ3) is 9.16. The Hall–Kier alpha value is -2.41. The van der Waals surface area contributed by atoms with Gasteiger partial charge in [-0.25, -0.2) is 9.59 Å². The topological polar surface area (TPSA) is 100.0 Å². The number of alkyl halides is 6. The van der Waals surface area contributed by atoms with Crippen molar-refractivity contribution in [2.45, 2.75) is 45.1 Å². The van der Waals surface area contributed by atoms with Crippen molar-refractivity contribution < 1.29 is 50.9 Å². The van der Waals surface area contributed by atoms with Gasteiger partial charge in [-0.1, -0.05) is 6.42 Å². The van der Waals surface area contributed by atoms with Gasteiger partial charge >= 0.3 is 24.3 Å². The Morgan fingerprint density at radius 3 is 2.21 bits per heavy atom. The quantitative estimate of drug-likeness (QED) is 0.620. The Morgan fingerprint density at radius 2 is 1.73 bits per heavy atom. The third-order valence-electron chi connectivity index (χ3n) is 5.49. The lowest BCUT2D eigenvalue weighted by atomic mass is 9.81. The third-order valence-corrected chi connectivity index (χ3v) is 5.49. The predicted molar refractivity (Wildman–Crippen MR) is 103 cm³/mol. The van der Waals surface area contributed by atoms with Gasteiger partial charge in [0.15, 0.2) is 0 Å². The van der Waals surface area contributed by atoms with Crippen molar-refractivity contribution >= 4 is 11.9 Å². The van der Waals surface area contributed by atoms with E-state index < -0.39 is 24.3 Å². The Bertz CT molecular complexity index is 778. The highest BCUT2D eigenvalue weighted by Crippen LogP contribution is 2.48. The van der Waals surface area contributed by atoms with Crippen molar-refractivity contribution in [2.24, 2.45) is 11.3 Å². The van der Waals surface area contributed by atoms with Gasteiger partial charge < -0.3 is 19.8 Å². The smallest absolute Gasteiger partial charge is 0.475 e. The van der Waals surface area contributed by atoms with E-state index in [4.69, 9.17) is 24.5 Å². The first-order chi connectivity index (χ1) is 15.1. The number of pyridine rings is 1. The summed E-state index contributed by atoms with van der Waals surface area (Å²) in [6, 6.07) is 2.05. The lowest BCUT2D eigenvalue weighted by molar-refractivity contribution is -0.193. The highest BCUT2D eigenvalue weighted by molar-refractivity contribution is 5.73. The molecule has 2 N–H and O–H groups in total. The lowest BCUT2D eigenvalue weighted by Crippen LogP contribution is -2.31. The van der Waals surface area contributed by atoms with E-state index >= 15 is 0 Å². The molecule has 0 radical (unpaired) electrons. The van der Waals surface area contributed by atoms with E-state index in [0.717, 1.165) is 12.5 Å². The molecular formula is C20H26F6N2O5. The molecular weight excluding hydrogens is 462 g/mol. The monoisotopic (exact) mass is 488 g/mol. The summed E-state index contributed by atoms with van der Waals surface area (Å²) in [5.41, 5.74) is 2.93. The summed E-state index contributed by atoms with van der Waals surface area (Å²) in [5.74, 6) is -4.66. The average molecular weight is 488 g/mol. The van der Waals surface area contributed by atoms with E-state index in [2.05, 4.69) is 29.9 Å². The van der Waals surface area contributed by atoms with E-state index in [-0.39, 0.29) is 0 Å². The first-order valence-corrected chi connectivity index (χ1v) is 9.84. The molecule has 3 rings (SSSR count). The number of rotatable bonds is 4. The maximum atomic E-state index is 10.6. The molecule has 2 aliphatic rings. The second-order valence-corrected chi connectivity index (χ2v) is 8.05. The number of fused-ring (bicyclic) bond motifs is 1. The average Bonchev–Trinajstić information content (AvgIpc) is 3.18. The lowest BCUT2D eigenvalue weighted by Gasteiger charge is -2.28. The standard InChI is InChI=1S/C16H24N2O.2C2HF3O2/c1-13-5-7-17-8-14(13)10-19-12-16-6-3-4-15(16)9-18(2)11-16;2*3-2(4,5)1(6)7/h5,7-8,15H,3-4,6,9-12H2,1-2H3;2*(H,6,7)/t15-,16+;;/m1../s1. The number of carboxylic acids is 2. The molecule has 2 atom stereocenters. The van der Waals surface area contributed by atoms with Gasteiger partial charge in [-0.3, -0.25) is 4.98 Å². The van der Waals surface area contributed by atoms with Crippen LogP contribution in [0.25, 0.3) is 0 Å². The molecule has 188 valence electrons. The van der Waals surface area contributed by atoms with Crippen LogP contribution in [0, 0.1) is 18.3 Å². The van der Waals surface area contributed by atoms with Crippen molar-refractivity contribution in [3.8, 4) is 0 Å². The van der Waals surface area contributed by atoms with Crippen LogP contribution in [-0.2, 0) is 20.9 Å². The van der Waals surface area contributed by atoms with Crippen LogP contribution in [0.4, 0.5) is 26.3 Å². The number of likely N-dealkylation sites (tertiary alicyclic amines) is 1. The van der Waals surface area contributed by atoms with Crippen LogP contribution in [0.2, 0.25) is 0 Å². The van der Waals surface area contributed by atoms with Crippen LogP contribution in [0.1, 0.15) is 30.4 Å². The van der Waals surface area contributed by atoms with E-state index in [1.54, 1.807) is 0 Å².